The maximum absolute atomic E-state index is 10.1. The van der Waals surface area contributed by atoms with Crippen LogP contribution < -0.4 is 4.74 Å². The first-order valence-electron chi connectivity index (χ1n) is 4.56. The molecule has 0 N–H and O–H groups in total. The maximum Gasteiger partial charge on any atom is 0.235 e. The van der Waals surface area contributed by atoms with E-state index in [1.807, 2.05) is 18.2 Å². The lowest BCUT2D eigenvalue weighted by atomic mass is 10.1. The summed E-state index contributed by atoms with van der Waals surface area (Å²) in [5.41, 5.74) is 2.49. The second-order valence-electron chi connectivity index (χ2n) is 3.42. The van der Waals surface area contributed by atoms with Crippen molar-refractivity contribution in [1.29, 1.82) is 0 Å². The highest BCUT2D eigenvalue weighted by Gasteiger charge is 2.20. The van der Waals surface area contributed by atoms with Crippen LogP contribution in [0.15, 0.2) is 23.2 Å². The monoisotopic (exact) mass is 189 g/mol. The number of carbonyl (C=O) groups excluding carboxylic acids is 1. The fraction of sp³-hybridized carbons (Fsp3) is 0.364. The highest BCUT2D eigenvalue weighted by molar-refractivity contribution is 5.42. The summed E-state index contributed by atoms with van der Waals surface area (Å²) in [6.07, 6.45) is 3.28. The first-order chi connectivity index (χ1) is 6.83. The Morgan fingerprint density at radius 3 is 2.93 bits per heavy atom. The fourth-order valence-electron chi connectivity index (χ4n) is 1.86. The number of nitrogens with zero attached hydrogens (tertiary/aromatic N) is 1. The summed E-state index contributed by atoms with van der Waals surface area (Å²) in [6.45, 7) is 0. The predicted molar refractivity (Wildman–Crippen MR) is 52.3 cm³/mol. The van der Waals surface area contributed by atoms with E-state index in [2.05, 4.69) is 4.99 Å². The Hall–Kier alpha value is -1.60. The van der Waals surface area contributed by atoms with E-state index < -0.39 is 0 Å². The van der Waals surface area contributed by atoms with Crippen LogP contribution in [-0.2, 0) is 17.6 Å². The van der Waals surface area contributed by atoms with Crippen LogP contribution in [0.1, 0.15) is 11.1 Å². The molecule has 1 aromatic carbocycles. The van der Waals surface area contributed by atoms with Crippen LogP contribution in [0.2, 0.25) is 0 Å². The van der Waals surface area contributed by atoms with Gasteiger partial charge in [0, 0.05) is 0 Å². The average molecular weight is 189 g/mol. The number of hydrogen-bond donors (Lipinski definition) is 0. The third-order valence-corrected chi connectivity index (χ3v) is 2.56. The van der Waals surface area contributed by atoms with Gasteiger partial charge in [0.2, 0.25) is 6.08 Å². The smallest absolute Gasteiger partial charge is 0.235 e. The number of fused-ring (bicyclic) bond motifs is 1. The van der Waals surface area contributed by atoms with E-state index >= 15 is 0 Å². The van der Waals surface area contributed by atoms with Gasteiger partial charge in [-0.1, -0.05) is 6.07 Å². The summed E-state index contributed by atoms with van der Waals surface area (Å²) in [5.74, 6) is 0.861. The quantitative estimate of drug-likeness (QED) is 0.522. The molecular formula is C11H11NO2. The van der Waals surface area contributed by atoms with Crippen LogP contribution in [0.25, 0.3) is 0 Å². The van der Waals surface area contributed by atoms with Crippen molar-refractivity contribution in [1.82, 2.24) is 0 Å². The van der Waals surface area contributed by atoms with Gasteiger partial charge in [0.25, 0.3) is 0 Å². The van der Waals surface area contributed by atoms with Gasteiger partial charge in [-0.05, 0) is 36.1 Å². The Morgan fingerprint density at radius 2 is 2.21 bits per heavy atom. The molecule has 0 radical (unpaired) electrons. The lowest BCUT2D eigenvalue weighted by Gasteiger charge is -2.01. The molecule has 14 heavy (non-hydrogen) atoms. The molecule has 0 amide bonds. The molecule has 1 aromatic rings. The summed E-state index contributed by atoms with van der Waals surface area (Å²) in [4.78, 5) is 13.9. The molecule has 1 aliphatic carbocycles. The second kappa shape index (κ2) is 3.64. The Bertz CT molecular complexity index is 394. The molecule has 1 unspecified atom stereocenters. The van der Waals surface area contributed by atoms with Crippen LogP contribution >= 0.6 is 0 Å². The van der Waals surface area contributed by atoms with Crippen LogP contribution in [-0.4, -0.2) is 19.2 Å². The van der Waals surface area contributed by atoms with E-state index in [-0.39, 0.29) is 6.04 Å². The molecule has 2 rings (SSSR count). The molecule has 0 fully saturated rings. The van der Waals surface area contributed by atoms with Gasteiger partial charge in [-0.2, -0.15) is 0 Å². The van der Waals surface area contributed by atoms with Crippen molar-refractivity contribution in [3.63, 3.8) is 0 Å². The normalized spacial score (nSPS) is 18.5. The maximum atomic E-state index is 10.1. The number of benzene rings is 1. The van der Waals surface area contributed by atoms with Gasteiger partial charge in [0.1, 0.15) is 5.75 Å². The summed E-state index contributed by atoms with van der Waals surface area (Å²) in [7, 11) is 1.65. The first kappa shape index (κ1) is 8.97. The molecule has 0 heterocycles. The minimum atomic E-state index is 0.0783. The van der Waals surface area contributed by atoms with Gasteiger partial charge in [-0.3, -0.25) is 0 Å². The minimum Gasteiger partial charge on any atom is -0.497 e. The Balaban J connectivity index is 2.26. The zero-order valence-corrected chi connectivity index (χ0v) is 7.99. The molecule has 72 valence electrons. The SMILES string of the molecule is COc1ccc2c(c1)CC(N=C=O)C2. The van der Waals surface area contributed by atoms with Gasteiger partial charge in [0.15, 0.2) is 0 Å². The molecule has 0 saturated heterocycles. The molecule has 0 aromatic heterocycles. The van der Waals surface area contributed by atoms with Gasteiger partial charge in [0.05, 0.1) is 13.2 Å². The summed E-state index contributed by atoms with van der Waals surface area (Å²) < 4.78 is 5.13. The fourth-order valence-corrected chi connectivity index (χ4v) is 1.86. The number of aliphatic imine (C=N–C) groups is 1. The Kier molecular flexibility index (Phi) is 2.33. The van der Waals surface area contributed by atoms with Gasteiger partial charge >= 0.3 is 0 Å². The van der Waals surface area contributed by atoms with Crippen molar-refractivity contribution in [3.8, 4) is 5.75 Å². The molecule has 0 bridgehead atoms. The minimum absolute atomic E-state index is 0.0783. The van der Waals surface area contributed by atoms with Crippen molar-refractivity contribution in [2.24, 2.45) is 4.99 Å². The zero-order chi connectivity index (χ0) is 9.97. The number of rotatable bonds is 2. The molecular weight excluding hydrogens is 178 g/mol. The van der Waals surface area contributed by atoms with Gasteiger partial charge < -0.3 is 4.74 Å². The molecule has 3 nitrogen and oxygen atoms in total. The Labute approximate surface area is 82.4 Å². The van der Waals surface area contributed by atoms with Gasteiger partial charge in [-0.15, -0.1) is 0 Å². The molecule has 1 atom stereocenters. The van der Waals surface area contributed by atoms with Gasteiger partial charge in [-0.25, -0.2) is 9.79 Å². The third-order valence-electron chi connectivity index (χ3n) is 2.56. The van der Waals surface area contributed by atoms with E-state index in [1.54, 1.807) is 13.2 Å². The van der Waals surface area contributed by atoms with Crippen molar-refractivity contribution in [2.75, 3.05) is 7.11 Å². The number of ether oxygens (including phenoxy) is 1. The predicted octanol–water partition coefficient (Wildman–Crippen LogP) is 1.50. The highest BCUT2D eigenvalue weighted by Crippen LogP contribution is 2.27. The molecule has 1 aliphatic rings. The standard InChI is InChI=1S/C11H11NO2/c1-14-11-3-2-8-4-10(12-7-13)5-9(8)6-11/h2-3,6,10H,4-5H2,1H3. The third kappa shape index (κ3) is 1.54. The van der Waals surface area contributed by atoms with Crippen molar-refractivity contribution >= 4 is 6.08 Å². The summed E-state index contributed by atoms with van der Waals surface area (Å²) in [5, 5.41) is 0. The Morgan fingerprint density at radius 1 is 1.43 bits per heavy atom. The van der Waals surface area contributed by atoms with Crippen LogP contribution in [0.3, 0.4) is 0 Å². The number of hydrogen-bond acceptors (Lipinski definition) is 3. The first-order valence-corrected chi connectivity index (χ1v) is 4.56. The average Bonchev–Trinajstić information content (AvgIpc) is 2.59. The van der Waals surface area contributed by atoms with E-state index in [9.17, 15) is 4.79 Å². The van der Waals surface area contributed by atoms with Crippen LogP contribution in [0.5, 0.6) is 5.75 Å². The summed E-state index contributed by atoms with van der Waals surface area (Å²) >= 11 is 0. The largest absolute Gasteiger partial charge is 0.497 e. The van der Waals surface area contributed by atoms with E-state index in [0.717, 1.165) is 18.6 Å². The highest BCUT2D eigenvalue weighted by atomic mass is 16.5. The van der Waals surface area contributed by atoms with Crippen LogP contribution in [0.4, 0.5) is 0 Å². The van der Waals surface area contributed by atoms with E-state index in [0.29, 0.717) is 0 Å². The lowest BCUT2D eigenvalue weighted by Crippen LogP contribution is -2.01. The number of isocyanates is 1. The molecule has 3 heteroatoms. The van der Waals surface area contributed by atoms with Crippen molar-refractivity contribution in [2.45, 2.75) is 18.9 Å². The van der Waals surface area contributed by atoms with Crippen molar-refractivity contribution in [3.05, 3.63) is 29.3 Å². The van der Waals surface area contributed by atoms with E-state index in [1.165, 1.54) is 11.1 Å². The molecule has 0 aliphatic heterocycles. The van der Waals surface area contributed by atoms with Crippen molar-refractivity contribution < 1.29 is 9.53 Å². The topological polar surface area (TPSA) is 38.7 Å². The van der Waals surface area contributed by atoms with Crippen LogP contribution in [0, 0.1) is 0 Å². The second-order valence-corrected chi connectivity index (χ2v) is 3.42. The van der Waals surface area contributed by atoms with E-state index in [4.69, 9.17) is 4.74 Å². The number of methoxy groups -OCH3 is 1. The summed E-state index contributed by atoms with van der Waals surface area (Å²) in [6, 6.07) is 6.06. The molecule has 0 spiro atoms. The lowest BCUT2D eigenvalue weighted by molar-refractivity contribution is 0.414. The zero-order valence-electron chi connectivity index (χ0n) is 7.99. The molecule has 0 saturated carbocycles.